The summed E-state index contributed by atoms with van der Waals surface area (Å²) in [4.78, 5) is 28.7. The SMILES string of the molecule is Cl.O=C(Cc1ccccc1)NCCC(=O)N1CCC(N2CCNCC2)C1. The predicted molar refractivity (Wildman–Crippen MR) is 104 cm³/mol. The minimum Gasteiger partial charge on any atom is -0.355 e. The van der Waals surface area contributed by atoms with Gasteiger partial charge in [-0.1, -0.05) is 30.3 Å². The molecule has 2 heterocycles. The second kappa shape index (κ2) is 10.5. The van der Waals surface area contributed by atoms with E-state index in [9.17, 15) is 9.59 Å². The molecule has 2 fully saturated rings. The van der Waals surface area contributed by atoms with Gasteiger partial charge in [0.1, 0.15) is 0 Å². The van der Waals surface area contributed by atoms with E-state index in [1.54, 1.807) is 0 Å². The first-order chi connectivity index (χ1) is 12.2. The lowest BCUT2D eigenvalue weighted by Crippen LogP contribution is -2.49. The summed E-state index contributed by atoms with van der Waals surface area (Å²) in [5, 5.41) is 6.22. The van der Waals surface area contributed by atoms with E-state index >= 15 is 0 Å². The molecule has 0 aliphatic carbocycles. The zero-order valence-electron chi connectivity index (χ0n) is 15.2. The summed E-state index contributed by atoms with van der Waals surface area (Å²) in [6.45, 7) is 6.31. The number of likely N-dealkylation sites (tertiary alicyclic amines) is 1. The van der Waals surface area contributed by atoms with Gasteiger partial charge >= 0.3 is 0 Å². The fraction of sp³-hybridized carbons (Fsp3) is 0.579. The Kier molecular flexibility index (Phi) is 8.35. The highest BCUT2D eigenvalue weighted by Gasteiger charge is 2.30. The van der Waals surface area contributed by atoms with Gasteiger partial charge < -0.3 is 15.5 Å². The van der Waals surface area contributed by atoms with E-state index in [0.29, 0.717) is 25.4 Å². The van der Waals surface area contributed by atoms with Crippen molar-refractivity contribution in [3.63, 3.8) is 0 Å². The van der Waals surface area contributed by atoms with Crippen molar-refractivity contribution < 1.29 is 9.59 Å². The number of carbonyl (C=O) groups excluding carboxylic acids is 2. The molecule has 0 spiro atoms. The first-order valence-electron chi connectivity index (χ1n) is 9.25. The van der Waals surface area contributed by atoms with Crippen LogP contribution in [0, 0.1) is 0 Å². The molecule has 1 aromatic carbocycles. The quantitative estimate of drug-likeness (QED) is 0.761. The molecule has 2 amide bonds. The number of hydrogen-bond acceptors (Lipinski definition) is 4. The summed E-state index contributed by atoms with van der Waals surface area (Å²) < 4.78 is 0. The fourth-order valence-corrected chi connectivity index (χ4v) is 3.62. The standard InChI is InChI=1S/C19H28N4O2.ClH/c24-18(14-16-4-2-1-3-5-16)21-8-6-19(25)23-11-7-17(15-23)22-12-9-20-10-13-22;/h1-5,17,20H,6-15H2,(H,21,24);1H. The third-order valence-corrected chi connectivity index (χ3v) is 5.05. The topological polar surface area (TPSA) is 64.7 Å². The summed E-state index contributed by atoms with van der Waals surface area (Å²) >= 11 is 0. The normalized spacial score (nSPS) is 20.5. The highest BCUT2D eigenvalue weighted by atomic mass is 35.5. The van der Waals surface area contributed by atoms with Gasteiger partial charge in [0.15, 0.2) is 0 Å². The molecule has 1 unspecified atom stereocenters. The zero-order valence-corrected chi connectivity index (χ0v) is 16.0. The number of hydrogen-bond donors (Lipinski definition) is 2. The number of rotatable bonds is 6. The number of amides is 2. The fourth-order valence-electron chi connectivity index (χ4n) is 3.62. The van der Waals surface area contributed by atoms with Crippen LogP contribution in [-0.2, 0) is 16.0 Å². The number of nitrogens with zero attached hydrogens (tertiary/aromatic N) is 2. The molecule has 0 saturated carbocycles. The summed E-state index contributed by atoms with van der Waals surface area (Å²) in [7, 11) is 0. The maximum atomic E-state index is 12.4. The predicted octanol–water partition coefficient (Wildman–Crippen LogP) is 0.663. The Labute approximate surface area is 161 Å². The minimum atomic E-state index is -0.0286. The molecular formula is C19H29ClN4O2. The van der Waals surface area contributed by atoms with Crippen LogP contribution in [0.1, 0.15) is 18.4 Å². The first kappa shape index (κ1) is 20.7. The van der Waals surface area contributed by atoms with Crippen LogP contribution in [0.2, 0.25) is 0 Å². The van der Waals surface area contributed by atoms with Crippen LogP contribution >= 0.6 is 12.4 Å². The van der Waals surface area contributed by atoms with Crippen LogP contribution in [0.15, 0.2) is 30.3 Å². The van der Waals surface area contributed by atoms with Gasteiger partial charge in [0, 0.05) is 58.3 Å². The summed E-state index contributed by atoms with van der Waals surface area (Å²) in [6, 6.07) is 10.2. The number of halogens is 1. The maximum Gasteiger partial charge on any atom is 0.224 e. The van der Waals surface area contributed by atoms with E-state index in [0.717, 1.165) is 51.3 Å². The number of nitrogens with one attached hydrogen (secondary N) is 2. The molecule has 3 rings (SSSR count). The van der Waals surface area contributed by atoms with Gasteiger partial charge in [-0.05, 0) is 12.0 Å². The van der Waals surface area contributed by atoms with E-state index in [2.05, 4.69) is 15.5 Å². The summed E-state index contributed by atoms with van der Waals surface area (Å²) in [5.41, 5.74) is 0.990. The van der Waals surface area contributed by atoms with Gasteiger partial charge in [-0.25, -0.2) is 0 Å². The van der Waals surface area contributed by atoms with E-state index < -0.39 is 0 Å². The van der Waals surface area contributed by atoms with Crippen molar-refractivity contribution >= 4 is 24.2 Å². The van der Waals surface area contributed by atoms with Crippen molar-refractivity contribution in [2.24, 2.45) is 0 Å². The van der Waals surface area contributed by atoms with Crippen LogP contribution in [0.25, 0.3) is 0 Å². The molecular weight excluding hydrogens is 352 g/mol. The van der Waals surface area contributed by atoms with Gasteiger partial charge in [-0.2, -0.15) is 0 Å². The Bertz CT molecular complexity index is 578. The zero-order chi connectivity index (χ0) is 17.5. The van der Waals surface area contributed by atoms with Crippen molar-refractivity contribution in [2.75, 3.05) is 45.8 Å². The Morgan fingerprint density at radius 1 is 1.12 bits per heavy atom. The minimum absolute atomic E-state index is 0. The first-order valence-corrected chi connectivity index (χ1v) is 9.25. The van der Waals surface area contributed by atoms with Crippen LogP contribution in [0.5, 0.6) is 0 Å². The maximum absolute atomic E-state index is 12.4. The highest BCUT2D eigenvalue weighted by molar-refractivity contribution is 5.85. The average molecular weight is 381 g/mol. The van der Waals surface area contributed by atoms with Gasteiger partial charge in [-0.3, -0.25) is 14.5 Å². The van der Waals surface area contributed by atoms with Crippen molar-refractivity contribution in [1.82, 2.24) is 20.4 Å². The Morgan fingerprint density at radius 3 is 2.58 bits per heavy atom. The second-order valence-corrected chi connectivity index (χ2v) is 6.83. The molecule has 7 heteroatoms. The molecule has 6 nitrogen and oxygen atoms in total. The van der Waals surface area contributed by atoms with E-state index in [-0.39, 0.29) is 24.2 Å². The second-order valence-electron chi connectivity index (χ2n) is 6.83. The highest BCUT2D eigenvalue weighted by Crippen LogP contribution is 2.16. The Balaban J connectivity index is 0.00000243. The molecule has 26 heavy (non-hydrogen) atoms. The third kappa shape index (κ3) is 5.97. The Hall–Kier alpha value is -1.63. The van der Waals surface area contributed by atoms with Crippen LogP contribution in [0.4, 0.5) is 0 Å². The van der Waals surface area contributed by atoms with Crippen LogP contribution in [-0.4, -0.2) is 73.5 Å². The van der Waals surface area contributed by atoms with Crippen LogP contribution in [0.3, 0.4) is 0 Å². The molecule has 1 atom stereocenters. The van der Waals surface area contributed by atoms with Gasteiger partial charge in [0.2, 0.25) is 11.8 Å². The lowest BCUT2D eigenvalue weighted by Gasteiger charge is -2.32. The number of benzene rings is 1. The molecule has 144 valence electrons. The van der Waals surface area contributed by atoms with Crippen molar-refractivity contribution in [1.29, 1.82) is 0 Å². The van der Waals surface area contributed by atoms with E-state index in [1.165, 1.54) is 0 Å². The van der Waals surface area contributed by atoms with E-state index in [1.807, 2.05) is 35.2 Å². The van der Waals surface area contributed by atoms with Crippen LogP contribution < -0.4 is 10.6 Å². The van der Waals surface area contributed by atoms with Crippen molar-refractivity contribution in [3.05, 3.63) is 35.9 Å². The van der Waals surface area contributed by atoms with Crippen molar-refractivity contribution in [2.45, 2.75) is 25.3 Å². The van der Waals surface area contributed by atoms with Crippen molar-refractivity contribution in [3.8, 4) is 0 Å². The van der Waals surface area contributed by atoms with Gasteiger partial charge in [0.25, 0.3) is 0 Å². The number of carbonyl (C=O) groups is 2. The summed E-state index contributed by atoms with van der Waals surface area (Å²) in [6.07, 6.45) is 1.81. The largest absolute Gasteiger partial charge is 0.355 e. The Morgan fingerprint density at radius 2 is 1.85 bits per heavy atom. The molecule has 2 aliphatic rings. The molecule has 1 aromatic rings. The van der Waals surface area contributed by atoms with E-state index in [4.69, 9.17) is 0 Å². The number of piperazine rings is 1. The third-order valence-electron chi connectivity index (χ3n) is 5.05. The monoisotopic (exact) mass is 380 g/mol. The molecule has 0 aromatic heterocycles. The average Bonchev–Trinajstić information content (AvgIpc) is 3.13. The molecule has 2 aliphatic heterocycles. The molecule has 2 saturated heterocycles. The lowest BCUT2D eigenvalue weighted by atomic mass is 10.1. The van der Waals surface area contributed by atoms with Gasteiger partial charge in [0.05, 0.1) is 6.42 Å². The molecule has 0 bridgehead atoms. The van der Waals surface area contributed by atoms with Gasteiger partial charge in [-0.15, -0.1) is 12.4 Å². The lowest BCUT2D eigenvalue weighted by molar-refractivity contribution is -0.130. The molecule has 2 N–H and O–H groups in total. The smallest absolute Gasteiger partial charge is 0.224 e. The molecule has 0 radical (unpaired) electrons. The summed E-state index contributed by atoms with van der Waals surface area (Å²) in [5.74, 6) is 0.122.